The van der Waals surface area contributed by atoms with Crippen molar-refractivity contribution < 1.29 is 23.9 Å². The third-order valence-corrected chi connectivity index (χ3v) is 6.55. The number of rotatable bonds is 6. The predicted molar refractivity (Wildman–Crippen MR) is 118 cm³/mol. The van der Waals surface area contributed by atoms with Crippen LogP contribution < -0.4 is 11.1 Å². The van der Waals surface area contributed by atoms with E-state index in [4.69, 9.17) is 15.2 Å². The zero-order valence-corrected chi connectivity index (χ0v) is 18.6. The van der Waals surface area contributed by atoms with Crippen molar-refractivity contribution in [1.29, 1.82) is 0 Å². The maximum Gasteiger partial charge on any atom is 0.348 e. The minimum atomic E-state index is -0.626. The molecule has 0 saturated carbocycles. The molecule has 0 aliphatic heterocycles. The van der Waals surface area contributed by atoms with Gasteiger partial charge in [0.05, 0.1) is 24.5 Å². The molecule has 0 aliphatic rings. The molecule has 8 nitrogen and oxygen atoms in total. The number of thiophene rings is 2. The number of esters is 2. The first-order valence-corrected chi connectivity index (χ1v) is 10.9. The lowest BCUT2D eigenvalue weighted by atomic mass is 10.1. The summed E-state index contributed by atoms with van der Waals surface area (Å²) in [5, 5.41) is 3.61. The van der Waals surface area contributed by atoms with Crippen LogP contribution in [0.2, 0.25) is 0 Å². The molecule has 0 aromatic carbocycles. The molecule has 10 heteroatoms. The lowest BCUT2D eigenvalue weighted by Crippen LogP contribution is -2.15. The summed E-state index contributed by atoms with van der Waals surface area (Å²) < 4.78 is 10.2. The van der Waals surface area contributed by atoms with Crippen LogP contribution in [0.5, 0.6) is 0 Å². The van der Waals surface area contributed by atoms with Crippen molar-refractivity contribution in [3.05, 3.63) is 38.7 Å². The molecule has 0 radical (unpaired) electrons. The fourth-order valence-corrected chi connectivity index (χ4v) is 4.98. The van der Waals surface area contributed by atoms with Gasteiger partial charge >= 0.3 is 11.9 Å². The minimum absolute atomic E-state index is 0.131. The quantitative estimate of drug-likeness (QED) is 0.544. The number of aryl methyl sites for hydroxylation is 1. The van der Waals surface area contributed by atoms with Crippen LogP contribution in [0.15, 0.2) is 12.1 Å². The molecule has 3 rings (SSSR count). The Morgan fingerprint density at radius 1 is 1.03 bits per heavy atom. The number of fused-ring (bicyclic) bond motifs is 1. The standard InChI is InChI=1S/C20H21N3O5S2/c1-5-27-19(25)12-10(4)14(20(26)28-6-2)29-18(12)23-16(24)15-13(21)11-8-7-9(3)22-17(11)30-15/h7-8H,5-6,21H2,1-4H3,(H,23,24). The highest BCUT2D eigenvalue weighted by Gasteiger charge is 2.28. The summed E-state index contributed by atoms with van der Waals surface area (Å²) in [5.41, 5.74) is 7.82. The van der Waals surface area contributed by atoms with E-state index in [0.717, 1.165) is 28.4 Å². The fraction of sp³-hybridized carbons (Fsp3) is 0.300. The molecule has 0 unspecified atom stereocenters. The zero-order valence-electron chi connectivity index (χ0n) is 17.0. The van der Waals surface area contributed by atoms with Crippen LogP contribution in [0.3, 0.4) is 0 Å². The summed E-state index contributed by atoms with van der Waals surface area (Å²) >= 11 is 2.13. The normalized spacial score (nSPS) is 10.8. The maximum absolute atomic E-state index is 13.0. The van der Waals surface area contributed by atoms with Crippen LogP contribution in [0.25, 0.3) is 10.2 Å². The molecule has 1 amide bonds. The van der Waals surface area contributed by atoms with Gasteiger partial charge in [-0.3, -0.25) is 4.79 Å². The van der Waals surface area contributed by atoms with E-state index in [-0.39, 0.29) is 33.5 Å². The molecule has 30 heavy (non-hydrogen) atoms. The fourth-order valence-electron chi connectivity index (χ4n) is 2.86. The molecular formula is C20H21N3O5S2. The van der Waals surface area contributed by atoms with Crippen LogP contribution in [0, 0.1) is 13.8 Å². The van der Waals surface area contributed by atoms with E-state index in [1.807, 2.05) is 19.1 Å². The van der Waals surface area contributed by atoms with Crippen LogP contribution >= 0.6 is 22.7 Å². The van der Waals surface area contributed by atoms with E-state index in [1.54, 1.807) is 20.8 Å². The Kier molecular flexibility index (Phi) is 6.37. The number of anilines is 2. The van der Waals surface area contributed by atoms with Gasteiger partial charge in [-0.15, -0.1) is 22.7 Å². The summed E-state index contributed by atoms with van der Waals surface area (Å²) in [6.45, 7) is 7.19. The molecule has 3 aromatic rings. The lowest BCUT2D eigenvalue weighted by molar-refractivity contribution is 0.0527. The van der Waals surface area contributed by atoms with E-state index in [9.17, 15) is 14.4 Å². The second kappa shape index (κ2) is 8.80. The molecule has 3 aromatic heterocycles. The minimum Gasteiger partial charge on any atom is -0.462 e. The van der Waals surface area contributed by atoms with E-state index >= 15 is 0 Å². The summed E-state index contributed by atoms with van der Waals surface area (Å²) in [6, 6.07) is 3.64. The second-order valence-corrected chi connectivity index (χ2v) is 8.33. The zero-order chi connectivity index (χ0) is 22.0. The van der Waals surface area contributed by atoms with E-state index in [1.165, 1.54) is 0 Å². The Morgan fingerprint density at radius 2 is 1.70 bits per heavy atom. The Labute approximate surface area is 181 Å². The van der Waals surface area contributed by atoms with Gasteiger partial charge in [0.2, 0.25) is 0 Å². The first-order chi connectivity index (χ1) is 14.3. The monoisotopic (exact) mass is 447 g/mol. The highest BCUT2D eigenvalue weighted by atomic mass is 32.1. The number of hydrogen-bond donors (Lipinski definition) is 2. The number of hydrogen-bond acceptors (Lipinski definition) is 9. The molecule has 0 saturated heterocycles. The van der Waals surface area contributed by atoms with E-state index < -0.39 is 17.8 Å². The smallest absolute Gasteiger partial charge is 0.348 e. The summed E-state index contributed by atoms with van der Waals surface area (Å²) in [6.07, 6.45) is 0. The predicted octanol–water partition coefficient (Wildman–Crippen LogP) is 4.16. The second-order valence-electron chi connectivity index (χ2n) is 6.31. The number of ether oxygens (including phenoxy) is 2. The Morgan fingerprint density at radius 3 is 2.37 bits per heavy atom. The van der Waals surface area contributed by atoms with Gasteiger partial charge in [0.25, 0.3) is 5.91 Å². The maximum atomic E-state index is 13.0. The van der Waals surface area contributed by atoms with Crippen LogP contribution in [-0.2, 0) is 9.47 Å². The number of nitrogen functional groups attached to an aromatic ring is 1. The molecule has 0 aliphatic carbocycles. The van der Waals surface area contributed by atoms with E-state index in [2.05, 4.69) is 10.3 Å². The van der Waals surface area contributed by atoms with Gasteiger partial charge in [0.1, 0.15) is 19.6 Å². The van der Waals surface area contributed by atoms with Gasteiger partial charge in [0, 0.05) is 11.1 Å². The molecule has 0 fully saturated rings. The highest BCUT2D eigenvalue weighted by molar-refractivity contribution is 7.21. The number of nitrogens with one attached hydrogen (secondary N) is 1. The number of pyridine rings is 1. The van der Waals surface area contributed by atoms with E-state index in [0.29, 0.717) is 21.5 Å². The van der Waals surface area contributed by atoms with Crippen molar-refractivity contribution in [2.45, 2.75) is 27.7 Å². The summed E-state index contributed by atoms with van der Waals surface area (Å²) in [5.74, 6) is -1.68. The SMILES string of the molecule is CCOC(=O)c1sc(NC(=O)c2sc3nc(C)ccc3c2N)c(C(=O)OCC)c1C. The first-order valence-electron chi connectivity index (χ1n) is 9.23. The van der Waals surface area contributed by atoms with Gasteiger partial charge in [-0.2, -0.15) is 0 Å². The van der Waals surface area contributed by atoms with Gasteiger partial charge < -0.3 is 20.5 Å². The van der Waals surface area contributed by atoms with Crippen molar-refractivity contribution in [2.24, 2.45) is 0 Å². The van der Waals surface area contributed by atoms with Gasteiger partial charge in [0.15, 0.2) is 0 Å². The van der Waals surface area contributed by atoms with Crippen LogP contribution in [-0.4, -0.2) is 36.0 Å². The summed E-state index contributed by atoms with van der Waals surface area (Å²) in [4.78, 5) is 43.3. The van der Waals surface area contributed by atoms with Gasteiger partial charge in [-0.1, -0.05) is 0 Å². The summed E-state index contributed by atoms with van der Waals surface area (Å²) in [7, 11) is 0. The number of aromatic nitrogens is 1. The molecule has 0 atom stereocenters. The Bertz CT molecular complexity index is 1150. The number of carbonyl (C=O) groups is 3. The van der Waals surface area contributed by atoms with Gasteiger partial charge in [-0.25, -0.2) is 14.6 Å². The number of nitrogens with two attached hydrogens (primary N) is 1. The van der Waals surface area contributed by atoms with Crippen molar-refractivity contribution in [3.8, 4) is 0 Å². The van der Waals surface area contributed by atoms with Crippen molar-refractivity contribution in [1.82, 2.24) is 4.98 Å². The van der Waals surface area contributed by atoms with Crippen LogP contribution in [0.4, 0.5) is 10.7 Å². The average molecular weight is 448 g/mol. The molecule has 158 valence electrons. The molecule has 3 N–H and O–H groups in total. The average Bonchev–Trinajstić information content (AvgIpc) is 3.19. The van der Waals surface area contributed by atoms with Gasteiger partial charge in [-0.05, 0) is 45.4 Å². The largest absolute Gasteiger partial charge is 0.462 e. The van der Waals surface area contributed by atoms with Crippen molar-refractivity contribution in [3.63, 3.8) is 0 Å². The van der Waals surface area contributed by atoms with Crippen molar-refractivity contribution in [2.75, 3.05) is 24.3 Å². The number of carbonyl (C=O) groups excluding carboxylic acids is 3. The number of nitrogens with zero attached hydrogens (tertiary/aromatic N) is 1. The van der Waals surface area contributed by atoms with Crippen LogP contribution in [0.1, 0.15) is 54.8 Å². The molecule has 0 bridgehead atoms. The third-order valence-electron chi connectivity index (χ3n) is 4.25. The Hall–Kier alpha value is -2.98. The lowest BCUT2D eigenvalue weighted by Gasteiger charge is -2.06. The number of amides is 1. The topological polar surface area (TPSA) is 121 Å². The third kappa shape index (κ3) is 4.01. The Balaban J connectivity index is 2.01. The highest BCUT2D eigenvalue weighted by Crippen LogP contribution is 2.37. The van der Waals surface area contributed by atoms with Crippen molar-refractivity contribution >= 4 is 61.4 Å². The molecule has 0 spiro atoms. The first kappa shape index (κ1) is 21.7. The molecular weight excluding hydrogens is 426 g/mol. The molecule has 3 heterocycles.